The van der Waals surface area contributed by atoms with E-state index >= 15 is 0 Å². The summed E-state index contributed by atoms with van der Waals surface area (Å²) in [6, 6.07) is 10.1. The second-order valence-corrected chi connectivity index (χ2v) is 8.47. The minimum Gasteiger partial charge on any atom is -0.302 e. The maximum atomic E-state index is 12.1. The first-order valence-electron chi connectivity index (χ1n) is 8.26. The molecule has 0 amide bonds. The Kier molecular flexibility index (Phi) is 4.81. The van der Waals surface area contributed by atoms with Gasteiger partial charge in [0, 0.05) is 17.2 Å². The molecule has 0 bridgehead atoms. The first kappa shape index (κ1) is 17.9. The molecule has 0 aliphatic rings. The van der Waals surface area contributed by atoms with Gasteiger partial charge in [-0.25, -0.2) is 9.97 Å². The molecular formula is C18H18N6OS2. The lowest BCUT2D eigenvalue weighted by molar-refractivity contribution is 0.391. The quantitative estimate of drug-likeness (QED) is 0.514. The van der Waals surface area contributed by atoms with Gasteiger partial charge in [0.1, 0.15) is 17.0 Å². The topological polar surface area (TPSA) is 76.8 Å². The van der Waals surface area contributed by atoms with Crippen molar-refractivity contribution >= 4 is 32.4 Å². The summed E-state index contributed by atoms with van der Waals surface area (Å²) >= 11 is 1.58. The van der Waals surface area contributed by atoms with Crippen LogP contribution in [0.25, 0.3) is 27.2 Å². The highest BCUT2D eigenvalue weighted by Gasteiger charge is 2.20. The fourth-order valence-electron chi connectivity index (χ4n) is 2.89. The summed E-state index contributed by atoms with van der Waals surface area (Å²) in [5, 5.41) is 11.4. The van der Waals surface area contributed by atoms with E-state index < -0.39 is 10.8 Å². The lowest BCUT2D eigenvalue weighted by Gasteiger charge is -2.12. The third-order valence-corrected chi connectivity index (χ3v) is 5.67. The Bertz CT molecular complexity index is 1120. The highest BCUT2D eigenvalue weighted by molar-refractivity contribution is 7.84. The predicted molar refractivity (Wildman–Crippen MR) is 107 cm³/mol. The Morgan fingerprint density at radius 2 is 1.96 bits per heavy atom. The lowest BCUT2D eigenvalue weighted by Crippen LogP contribution is -2.15. The van der Waals surface area contributed by atoms with E-state index in [0.717, 1.165) is 21.3 Å². The molecule has 0 spiro atoms. The number of hydrogen-bond acceptors (Lipinski definition) is 7. The van der Waals surface area contributed by atoms with Crippen molar-refractivity contribution in [3.05, 3.63) is 47.9 Å². The fourth-order valence-corrected chi connectivity index (χ4v) is 4.42. The van der Waals surface area contributed by atoms with Crippen LogP contribution in [0.15, 0.2) is 47.2 Å². The standard InChI is InChI=1S/C18H18N6OS2/c1-23(2)9-14-20-16(24-11-19-22-18(24)27(3)25)15-13(10-26-17(15)21-14)12-7-5-4-6-8-12/h4-8,10-11H,9H2,1-3H3. The van der Waals surface area contributed by atoms with Crippen LogP contribution in [0.2, 0.25) is 0 Å². The van der Waals surface area contributed by atoms with Gasteiger partial charge in [0.15, 0.2) is 5.82 Å². The van der Waals surface area contributed by atoms with Crippen molar-refractivity contribution in [2.75, 3.05) is 20.4 Å². The third kappa shape index (κ3) is 3.41. The number of aromatic nitrogens is 5. The summed E-state index contributed by atoms with van der Waals surface area (Å²) in [6.07, 6.45) is 3.15. The number of rotatable bonds is 5. The van der Waals surface area contributed by atoms with Crippen LogP contribution >= 0.6 is 11.3 Å². The number of nitrogens with zero attached hydrogens (tertiary/aromatic N) is 6. The van der Waals surface area contributed by atoms with Gasteiger partial charge in [-0.2, -0.15) is 0 Å². The predicted octanol–water partition coefficient (Wildman–Crippen LogP) is 2.74. The summed E-state index contributed by atoms with van der Waals surface area (Å²) in [7, 11) is 2.66. The Hall–Kier alpha value is -2.49. The SMILES string of the molecule is CN(C)Cc1nc(-n2cnnc2S(C)=O)c2c(-c3ccccc3)csc2n1. The summed E-state index contributed by atoms with van der Waals surface area (Å²) < 4.78 is 13.8. The van der Waals surface area contributed by atoms with E-state index in [4.69, 9.17) is 9.97 Å². The molecule has 138 valence electrons. The Labute approximate surface area is 163 Å². The van der Waals surface area contributed by atoms with Gasteiger partial charge in [-0.1, -0.05) is 30.3 Å². The average molecular weight is 399 g/mol. The van der Waals surface area contributed by atoms with E-state index in [-0.39, 0.29) is 0 Å². The lowest BCUT2D eigenvalue weighted by atomic mass is 10.1. The van der Waals surface area contributed by atoms with Crippen molar-refractivity contribution in [1.82, 2.24) is 29.6 Å². The maximum Gasteiger partial charge on any atom is 0.226 e. The highest BCUT2D eigenvalue weighted by Crippen LogP contribution is 2.36. The maximum absolute atomic E-state index is 12.1. The second kappa shape index (κ2) is 7.26. The van der Waals surface area contributed by atoms with E-state index in [1.807, 2.05) is 37.2 Å². The molecule has 0 aliphatic heterocycles. The largest absolute Gasteiger partial charge is 0.302 e. The summed E-state index contributed by atoms with van der Waals surface area (Å²) in [5.74, 6) is 1.36. The molecule has 1 aromatic carbocycles. The normalized spacial score (nSPS) is 12.7. The van der Waals surface area contributed by atoms with Crippen molar-refractivity contribution in [3.63, 3.8) is 0 Å². The molecule has 0 saturated carbocycles. The molecule has 9 heteroatoms. The molecule has 0 N–H and O–H groups in total. The molecule has 0 radical (unpaired) electrons. The van der Waals surface area contributed by atoms with Crippen LogP contribution in [0.5, 0.6) is 0 Å². The smallest absolute Gasteiger partial charge is 0.226 e. The minimum absolute atomic E-state index is 0.371. The van der Waals surface area contributed by atoms with E-state index in [1.165, 1.54) is 0 Å². The van der Waals surface area contributed by atoms with Gasteiger partial charge in [-0.05, 0) is 19.7 Å². The van der Waals surface area contributed by atoms with Crippen LogP contribution in [0.1, 0.15) is 5.82 Å². The van der Waals surface area contributed by atoms with Crippen LogP contribution < -0.4 is 0 Å². The molecule has 7 nitrogen and oxygen atoms in total. The number of benzene rings is 1. The zero-order chi connectivity index (χ0) is 19.0. The van der Waals surface area contributed by atoms with E-state index in [9.17, 15) is 4.21 Å². The van der Waals surface area contributed by atoms with Gasteiger partial charge in [0.05, 0.1) is 22.7 Å². The van der Waals surface area contributed by atoms with Crippen molar-refractivity contribution in [2.24, 2.45) is 0 Å². The Morgan fingerprint density at radius 3 is 2.67 bits per heavy atom. The third-order valence-electron chi connectivity index (χ3n) is 4.00. The van der Waals surface area contributed by atoms with Gasteiger partial charge in [-0.15, -0.1) is 21.5 Å². The monoisotopic (exact) mass is 398 g/mol. The highest BCUT2D eigenvalue weighted by atomic mass is 32.2. The van der Waals surface area contributed by atoms with E-state index in [2.05, 4.69) is 27.7 Å². The molecule has 0 aliphatic carbocycles. The van der Waals surface area contributed by atoms with Gasteiger partial charge < -0.3 is 4.90 Å². The van der Waals surface area contributed by atoms with Gasteiger partial charge in [-0.3, -0.25) is 8.78 Å². The molecule has 1 atom stereocenters. The fraction of sp³-hybridized carbons (Fsp3) is 0.222. The minimum atomic E-state index is -1.29. The zero-order valence-corrected chi connectivity index (χ0v) is 16.8. The molecule has 4 aromatic rings. The van der Waals surface area contributed by atoms with Crippen LogP contribution in [0.3, 0.4) is 0 Å². The molecule has 0 saturated heterocycles. The average Bonchev–Trinajstić information content (AvgIpc) is 3.28. The van der Waals surface area contributed by atoms with Crippen LogP contribution in [0, 0.1) is 0 Å². The second-order valence-electron chi connectivity index (χ2n) is 6.33. The summed E-state index contributed by atoms with van der Waals surface area (Å²) in [6.45, 7) is 0.605. The molecule has 27 heavy (non-hydrogen) atoms. The number of hydrogen-bond donors (Lipinski definition) is 0. The van der Waals surface area contributed by atoms with E-state index in [0.29, 0.717) is 23.3 Å². The van der Waals surface area contributed by atoms with E-state index in [1.54, 1.807) is 28.5 Å². The van der Waals surface area contributed by atoms with Gasteiger partial charge in [0.25, 0.3) is 0 Å². The number of thiophene rings is 1. The summed E-state index contributed by atoms with van der Waals surface area (Å²) in [4.78, 5) is 12.4. The van der Waals surface area contributed by atoms with Crippen molar-refractivity contribution in [2.45, 2.75) is 11.7 Å². The van der Waals surface area contributed by atoms with Gasteiger partial charge in [0.2, 0.25) is 5.16 Å². The summed E-state index contributed by atoms with van der Waals surface area (Å²) in [5.41, 5.74) is 2.13. The molecule has 0 fully saturated rings. The van der Waals surface area contributed by atoms with Crippen molar-refractivity contribution < 1.29 is 4.21 Å². The van der Waals surface area contributed by atoms with Gasteiger partial charge >= 0.3 is 0 Å². The van der Waals surface area contributed by atoms with Crippen LogP contribution in [-0.2, 0) is 17.3 Å². The molecule has 4 rings (SSSR count). The van der Waals surface area contributed by atoms with Crippen LogP contribution in [-0.4, -0.2) is 54.2 Å². The van der Waals surface area contributed by atoms with Crippen LogP contribution in [0.4, 0.5) is 0 Å². The first-order chi connectivity index (χ1) is 13.0. The van der Waals surface area contributed by atoms with Crippen molar-refractivity contribution in [3.8, 4) is 16.9 Å². The zero-order valence-electron chi connectivity index (χ0n) is 15.2. The Balaban J connectivity index is 2.02. The Morgan fingerprint density at radius 1 is 1.19 bits per heavy atom. The first-order valence-corrected chi connectivity index (χ1v) is 10.7. The molecule has 1 unspecified atom stereocenters. The molecular weight excluding hydrogens is 380 g/mol. The molecule has 3 aromatic heterocycles. The molecule has 3 heterocycles. The van der Waals surface area contributed by atoms with Crippen molar-refractivity contribution in [1.29, 1.82) is 0 Å². The number of fused-ring (bicyclic) bond motifs is 1.